The Kier molecular flexibility index (Phi) is 4.69. The molecule has 1 aliphatic rings. The van der Waals surface area contributed by atoms with E-state index in [4.69, 9.17) is 25.8 Å². The molecule has 0 amide bonds. The van der Waals surface area contributed by atoms with Crippen LogP contribution in [0.2, 0.25) is 5.02 Å². The molecule has 5 heteroatoms. The van der Waals surface area contributed by atoms with E-state index in [-0.39, 0.29) is 6.10 Å². The minimum atomic E-state index is 0.0932. The van der Waals surface area contributed by atoms with Gasteiger partial charge in [0, 0.05) is 29.6 Å². The Morgan fingerprint density at radius 2 is 2.33 bits per heavy atom. The minimum absolute atomic E-state index is 0.0932. The van der Waals surface area contributed by atoms with Gasteiger partial charge >= 0.3 is 0 Å². The highest BCUT2D eigenvalue weighted by Gasteiger charge is 2.21. The van der Waals surface area contributed by atoms with Gasteiger partial charge in [-0.05, 0) is 13.1 Å². The lowest BCUT2D eigenvalue weighted by molar-refractivity contribution is 0.138. The Bertz CT molecular complexity index is 405. The zero-order chi connectivity index (χ0) is 13.0. The van der Waals surface area contributed by atoms with Crippen molar-refractivity contribution in [3.05, 3.63) is 22.7 Å². The van der Waals surface area contributed by atoms with E-state index in [1.54, 1.807) is 13.2 Å². The molecule has 1 saturated heterocycles. The quantitative estimate of drug-likeness (QED) is 0.892. The summed E-state index contributed by atoms with van der Waals surface area (Å²) in [5.74, 6) is 1.42. The molecule has 0 aliphatic carbocycles. The first-order valence-corrected chi connectivity index (χ1v) is 6.37. The molecule has 1 aliphatic heterocycles. The molecule has 1 aromatic rings. The van der Waals surface area contributed by atoms with Crippen LogP contribution >= 0.6 is 11.6 Å². The summed E-state index contributed by atoms with van der Waals surface area (Å²) in [5, 5.41) is 3.75. The van der Waals surface area contributed by atoms with Gasteiger partial charge in [-0.1, -0.05) is 11.6 Å². The Morgan fingerprint density at radius 3 is 2.94 bits per heavy atom. The lowest BCUT2D eigenvalue weighted by Gasteiger charge is -2.18. The van der Waals surface area contributed by atoms with Crippen molar-refractivity contribution in [1.29, 1.82) is 0 Å². The maximum absolute atomic E-state index is 6.07. The van der Waals surface area contributed by atoms with Crippen LogP contribution in [0.5, 0.6) is 11.5 Å². The molecule has 0 bridgehead atoms. The van der Waals surface area contributed by atoms with Crippen LogP contribution in [-0.4, -0.2) is 33.5 Å². The van der Waals surface area contributed by atoms with Crippen molar-refractivity contribution in [3.8, 4) is 11.5 Å². The fourth-order valence-electron chi connectivity index (χ4n) is 2.00. The summed E-state index contributed by atoms with van der Waals surface area (Å²) in [6.07, 6.45) is 1.00. The lowest BCUT2D eigenvalue weighted by Crippen LogP contribution is -2.18. The predicted molar refractivity (Wildman–Crippen MR) is 70.6 cm³/mol. The van der Waals surface area contributed by atoms with Crippen LogP contribution in [0.25, 0.3) is 0 Å². The third-order valence-electron chi connectivity index (χ3n) is 2.86. The molecule has 0 radical (unpaired) electrons. The Morgan fingerprint density at radius 1 is 1.50 bits per heavy atom. The molecule has 4 nitrogen and oxygen atoms in total. The average Bonchev–Trinajstić information content (AvgIpc) is 2.85. The molecule has 18 heavy (non-hydrogen) atoms. The van der Waals surface area contributed by atoms with Crippen molar-refractivity contribution >= 4 is 11.6 Å². The van der Waals surface area contributed by atoms with E-state index < -0.39 is 0 Å². The van der Waals surface area contributed by atoms with Gasteiger partial charge in [0.15, 0.2) is 11.5 Å². The maximum Gasteiger partial charge on any atom is 0.166 e. The van der Waals surface area contributed by atoms with E-state index in [1.165, 1.54) is 0 Å². The fourth-order valence-corrected chi connectivity index (χ4v) is 2.23. The number of nitrogens with one attached hydrogen (secondary N) is 1. The molecule has 1 fully saturated rings. The first-order valence-electron chi connectivity index (χ1n) is 6.00. The summed E-state index contributed by atoms with van der Waals surface area (Å²) >= 11 is 6.07. The zero-order valence-electron chi connectivity index (χ0n) is 10.7. The largest absolute Gasteiger partial charge is 0.493 e. The van der Waals surface area contributed by atoms with Crippen LogP contribution in [-0.2, 0) is 11.3 Å². The normalized spacial score (nSPS) is 18.9. The second kappa shape index (κ2) is 6.27. The Labute approximate surface area is 112 Å². The van der Waals surface area contributed by atoms with E-state index in [1.807, 2.05) is 13.1 Å². The van der Waals surface area contributed by atoms with Gasteiger partial charge in [-0.15, -0.1) is 0 Å². The summed E-state index contributed by atoms with van der Waals surface area (Å²) in [6, 6.07) is 3.66. The van der Waals surface area contributed by atoms with Gasteiger partial charge < -0.3 is 19.5 Å². The van der Waals surface area contributed by atoms with Gasteiger partial charge in [0.05, 0.1) is 20.3 Å². The van der Waals surface area contributed by atoms with Gasteiger partial charge in [0.1, 0.15) is 6.10 Å². The second-order valence-electron chi connectivity index (χ2n) is 4.23. The van der Waals surface area contributed by atoms with Crippen LogP contribution in [0, 0.1) is 0 Å². The molecular formula is C13H18ClNO3. The summed E-state index contributed by atoms with van der Waals surface area (Å²) in [7, 11) is 3.50. The molecule has 1 unspecified atom stereocenters. The second-order valence-corrected chi connectivity index (χ2v) is 4.67. The number of halogens is 1. The summed E-state index contributed by atoms with van der Waals surface area (Å²) < 4.78 is 16.7. The molecule has 100 valence electrons. The minimum Gasteiger partial charge on any atom is -0.493 e. The van der Waals surface area contributed by atoms with Gasteiger partial charge in [0.25, 0.3) is 0 Å². The maximum atomic E-state index is 6.07. The van der Waals surface area contributed by atoms with Crippen molar-refractivity contribution in [2.75, 3.05) is 27.4 Å². The van der Waals surface area contributed by atoms with Crippen LogP contribution in [0.3, 0.4) is 0 Å². The smallest absolute Gasteiger partial charge is 0.166 e. The number of hydrogen-bond acceptors (Lipinski definition) is 4. The highest BCUT2D eigenvalue weighted by molar-refractivity contribution is 6.30. The first-order chi connectivity index (χ1) is 8.74. The van der Waals surface area contributed by atoms with Gasteiger partial charge in [-0.3, -0.25) is 0 Å². The van der Waals surface area contributed by atoms with E-state index >= 15 is 0 Å². The Balaban J connectivity index is 2.28. The van der Waals surface area contributed by atoms with E-state index in [0.29, 0.717) is 23.9 Å². The monoisotopic (exact) mass is 271 g/mol. The van der Waals surface area contributed by atoms with E-state index in [0.717, 1.165) is 24.3 Å². The van der Waals surface area contributed by atoms with Gasteiger partial charge in [-0.25, -0.2) is 0 Å². The SMILES string of the molecule is CNCc1cc(Cl)cc(OC)c1OC1CCOC1. The number of methoxy groups -OCH3 is 1. The zero-order valence-corrected chi connectivity index (χ0v) is 11.4. The third-order valence-corrected chi connectivity index (χ3v) is 3.07. The van der Waals surface area contributed by atoms with Crippen molar-refractivity contribution in [1.82, 2.24) is 5.32 Å². The number of rotatable bonds is 5. The fraction of sp³-hybridized carbons (Fsp3) is 0.538. The van der Waals surface area contributed by atoms with Crippen molar-refractivity contribution in [3.63, 3.8) is 0 Å². The van der Waals surface area contributed by atoms with Crippen LogP contribution in [0.15, 0.2) is 12.1 Å². The molecule has 0 aromatic heterocycles. The van der Waals surface area contributed by atoms with Crippen LogP contribution in [0.1, 0.15) is 12.0 Å². The standard InChI is InChI=1S/C13H18ClNO3/c1-15-7-9-5-10(14)6-12(16-2)13(9)18-11-3-4-17-8-11/h5-6,11,15H,3-4,7-8H2,1-2H3. The molecular weight excluding hydrogens is 254 g/mol. The molecule has 0 spiro atoms. The van der Waals surface area contributed by atoms with E-state index in [2.05, 4.69) is 5.32 Å². The molecule has 0 saturated carbocycles. The van der Waals surface area contributed by atoms with Crippen molar-refractivity contribution < 1.29 is 14.2 Å². The highest BCUT2D eigenvalue weighted by atomic mass is 35.5. The first kappa shape index (κ1) is 13.5. The summed E-state index contributed by atoms with van der Waals surface area (Å²) in [6.45, 7) is 2.06. The highest BCUT2D eigenvalue weighted by Crippen LogP contribution is 2.36. The molecule has 1 aromatic carbocycles. The molecule has 1 atom stereocenters. The predicted octanol–water partition coefficient (Wildman–Crippen LogP) is 2.24. The summed E-state index contributed by atoms with van der Waals surface area (Å²) in [4.78, 5) is 0. The molecule has 2 rings (SSSR count). The Hall–Kier alpha value is -0.970. The lowest BCUT2D eigenvalue weighted by atomic mass is 10.1. The average molecular weight is 272 g/mol. The number of hydrogen-bond donors (Lipinski definition) is 1. The van der Waals surface area contributed by atoms with Crippen molar-refractivity contribution in [2.24, 2.45) is 0 Å². The van der Waals surface area contributed by atoms with Crippen molar-refractivity contribution in [2.45, 2.75) is 19.1 Å². The van der Waals surface area contributed by atoms with Crippen LogP contribution in [0.4, 0.5) is 0 Å². The van der Waals surface area contributed by atoms with E-state index in [9.17, 15) is 0 Å². The summed E-state index contributed by atoms with van der Waals surface area (Å²) in [5.41, 5.74) is 0.994. The van der Waals surface area contributed by atoms with Gasteiger partial charge in [0.2, 0.25) is 0 Å². The molecule has 1 heterocycles. The topological polar surface area (TPSA) is 39.7 Å². The van der Waals surface area contributed by atoms with Gasteiger partial charge in [-0.2, -0.15) is 0 Å². The molecule has 1 N–H and O–H groups in total. The number of benzene rings is 1. The third kappa shape index (κ3) is 3.07. The van der Waals surface area contributed by atoms with Crippen LogP contribution < -0.4 is 14.8 Å². The number of ether oxygens (including phenoxy) is 3.